The molecule has 0 aliphatic rings. The van der Waals surface area contributed by atoms with Crippen LogP contribution in [0.2, 0.25) is 5.02 Å². The lowest BCUT2D eigenvalue weighted by Gasteiger charge is -2.23. The summed E-state index contributed by atoms with van der Waals surface area (Å²) in [4.78, 5) is 0. The molecule has 0 heterocycles. The highest BCUT2D eigenvalue weighted by Crippen LogP contribution is 2.19. The van der Waals surface area contributed by atoms with E-state index in [0.717, 1.165) is 11.3 Å². The monoisotopic (exact) mass is 276 g/mol. The van der Waals surface area contributed by atoms with Crippen molar-refractivity contribution in [1.29, 1.82) is 0 Å². The van der Waals surface area contributed by atoms with E-state index in [2.05, 4.69) is 5.32 Å². The van der Waals surface area contributed by atoms with Gasteiger partial charge < -0.3 is 10.5 Å². The molecular weight excluding hydrogens is 260 g/mol. The van der Waals surface area contributed by atoms with E-state index in [1.54, 1.807) is 7.05 Å². The lowest BCUT2D eigenvalue weighted by molar-refractivity contribution is -0.0999. The molecule has 0 saturated carbocycles. The van der Waals surface area contributed by atoms with E-state index >= 15 is 0 Å². The average molecular weight is 277 g/mol. The SMILES string of the molecule is CN(O)C(CNc1ccc(Cl)cc1)c1ccccc1. The van der Waals surface area contributed by atoms with E-state index in [0.29, 0.717) is 11.6 Å². The molecule has 0 saturated heterocycles. The Morgan fingerprint density at radius 1 is 1.11 bits per heavy atom. The van der Waals surface area contributed by atoms with Gasteiger partial charge in [0.15, 0.2) is 0 Å². The molecule has 19 heavy (non-hydrogen) atoms. The maximum absolute atomic E-state index is 9.76. The molecule has 0 aliphatic carbocycles. The second-order valence-corrected chi connectivity index (χ2v) is 4.82. The molecule has 2 aromatic rings. The van der Waals surface area contributed by atoms with Crippen LogP contribution in [0.25, 0.3) is 0 Å². The Kier molecular flexibility index (Phi) is 4.80. The van der Waals surface area contributed by atoms with Crippen LogP contribution in [0.4, 0.5) is 5.69 Å². The van der Waals surface area contributed by atoms with Crippen LogP contribution < -0.4 is 5.32 Å². The first-order chi connectivity index (χ1) is 9.16. The predicted octanol–water partition coefficient (Wildman–Crippen LogP) is 3.81. The number of halogens is 1. The number of nitrogens with one attached hydrogen (secondary N) is 1. The summed E-state index contributed by atoms with van der Waals surface area (Å²) in [7, 11) is 1.65. The molecule has 3 nitrogen and oxygen atoms in total. The van der Waals surface area contributed by atoms with Crippen molar-refractivity contribution in [1.82, 2.24) is 5.06 Å². The van der Waals surface area contributed by atoms with E-state index in [1.165, 1.54) is 5.06 Å². The molecule has 0 spiro atoms. The van der Waals surface area contributed by atoms with Gasteiger partial charge in [-0.3, -0.25) is 0 Å². The maximum atomic E-state index is 9.76. The maximum Gasteiger partial charge on any atom is 0.0768 e. The van der Waals surface area contributed by atoms with Gasteiger partial charge in [0.25, 0.3) is 0 Å². The fourth-order valence-corrected chi connectivity index (χ4v) is 2.05. The summed E-state index contributed by atoms with van der Waals surface area (Å²) in [6.45, 7) is 0.610. The molecule has 2 aromatic carbocycles. The number of hydrogen-bond donors (Lipinski definition) is 2. The van der Waals surface area contributed by atoms with Gasteiger partial charge in [0.05, 0.1) is 6.04 Å². The summed E-state index contributed by atoms with van der Waals surface area (Å²) in [5.41, 5.74) is 2.04. The number of rotatable bonds is 5. The number of benzene rings is 2. The standard InChI is InChI=1S/C15H17ClN2O/c1-18(19)15(12-5-3-2-4-6-12)11-17-14-9-7-13(16)8-10-14/h2-10,15,17,19H,11H2,1H3. The van der Waals surface area contributed by atoms with Crippen molar-refractivity contribution in [3.63, 3.8) is 0 Å². The highest BCUT2D eigenvalue weighted by molar-refractivity contribution is 6.30. The summed E-state index contributed by atoms with van der Waals surface area (Å²) < 4.78 is 0. The predicted molar refractivity (Wildman–Crippen MR) is 78.7 cm³/mol. The first-order valence-electron chi connectivity index (χ1n) is 6.13. The van der Waals surface area contributed by atoms with Gasteiger partial charge in [-0.05, 0) is 29.8 Å². The minimum atomic E-state index is -0.100. The number of anilines is 1. The van der Waals surface area contributed by atoms with Gasteiger partial charge in [0, 0.05) is 24.3 Å². The lowest BCUT2D eigenvalue weighted by Crippen LogP contribution is -2.27. The molecular formula is C15H17ClN2O. The van der Waals surface area contributed by atoms with Crippen LogP contribution in [0.5, 0.6) is 0 Å². The number of hydrogen-bond acceptors (Lipinski definition) is 3. The number of likely N-dealkylation sites (N-methyl/N-ethyl adjacent to an activating group) is 1. The molecule has 0 amide bonds. The third-order valence-electron chi connectivity index (χ3n) is 2.98. The zero-order valence-corrected chi connectivity index (χ0v) is 11.5. The fourth-order valence-electron chi connectivity index (χ4n) is 1.92. The molecule has 1 unspecified atom stereocenters. The van der Waals surface area contributed by atoms with Crippen LogP contribution in [-0.4, -0.2) is 23.9 Å². The Bertz CT molecular complexity index is 499. The molecule has 0 aromatic heterocycles. The van der Waals surface area contributed by atoms with Gasteiger partial charge in [-0.15, -0.1) is 0 Å². The Hall–Kier alpha value is -1.55. The largest absolute Gasteiger partial charge is 0.383 e. The Balaban J connectivity index is 2.04. The van der Waals surface area contributed by atoms with Crippen molar-refractivity contribution in [3.05, 3.63) is 65.2 Å². The van der Waals surface area contributed by atoms with Gasteiger partial charge in [-0.2, -0.15) is 5.06 Å². The average Bonchev–Trinajstić information content (AvgIpc) is 2.42. The Labute approximate surface area is 118 Å². The van der Waals surface area contributed by atoms with Crippen molar-refractivity contribution in [2.45, 2.75) is 6.04 Å². The summed E-state index contributed by atoms with van der Waals surface area (Å²) in [6.07, 6.45) is 0. The molecule has 2 N–H and O–H groups in total. The van der Waals surface area contributed by atoms with Crippen molar-refractivity contribution in [2.75, 3.05) is 18.9 Å². The van der Waals surface area contributed by atoms with Gasteiger partial charge in [-0.25, -0.2) is 0 Å². The van der Waals surface area contributed by atoms with E-state index in [-0.39, 0.29) is 6.04 Å². The highest BCUT2D eigenvalue weighted by Gasteiger charge is 2.14. The van der Waals surface area contributed by atoms with Gasteiger partial charge in [-0.1, -0.05) is 41.9 Å². The van der Waals surface area contributed by atoms with Crippen molar-refractivity contribution >= 4 is 17.3 Å². The van der Waals surface area contributed by atoms with Crippen LogP contribution in [0.15, 0.2) is 54.6 Å². The van der Waals surface area contributed by atoms with E-state index < -0.39 is 0 Å². The number of nitrogens with zero attached hydrogens (tertiary/aromatic N) is 1. The van der Waals surface area contributed by atoms with Crippen LogP contribution in [0.3, 0.4) is 0 Å². The molecule has 100 valence electrons. The van der Waals surface area contributed by atoms with Gasteiger partial charge >= 0.3 is 0 Å². The number of hydroxylamine groups is 2. The van der Waals surface area contributed by atoms with Crippen LogP contribution in [-0.2, 0) is 0 Å². The van der Waals surface area contributed by atoms with Crippen molar-refractivity contribution < 1.29 is 5.21 Å². The quantitative estimate of drug-likeness (QED) is 0.815. The molecule has 0 bridgehead atoms. The molecule has 1 atom stereocenters. The molecule has 0 radical (unpaired) electrons. The molecule has 0 aliphatic heterocycles. The lowest BCUT2D eigenvalue weighted by atomic mass is 10.1. The van der Waals surface area contributed by atoms with E-state index in [1.807, 2.05) is 54.6 Å². The molecule has 0 fully saturated rings. The molecule has 4 heteroatoms. The summed E-state index contributed by atoms with van der Waals surface area (Å²) in [5, 5.41) is 15.0. The smallest absolute Gasteiger partial charge is 0.0768 e. The molecule has 2 rings (SSSR count). The Morgan fingerprint density at radius 3 is 2.32 bits per heavy atom. The van der Waals surface area contributed by atoms with E-state index in [4.69, 9.17) is 11.6 Å². The first kappa shape index (κ1) is 13.9. The minimum absolute atomic E-state index is 0.100. The van der Waals surface area contributed by atoms with Gasteiger partial charge in [0.2, 0.25) is 0 Å². The second kappa shape index (κ2) is 6.57. The third kappa shape index (κ3) is 3.96. The van der Waals surface area contributed by atoms with E-state index in [9.17, 15) is 5.21 Å². The zero-order valence-electron chi connectivity index (χ0n) is 10.8. The second-order valence-electron chi connectivity index (χ2n) is 4.39. The van der Waals surface area contributed by atoms with Crippen molar-refractivity contribution in [3.8, 4) is 0 Å². The minimum Gasteiger partial charge on any atom is -0.383 e. The van der Waals surface area contributed by atoms with Gasteiger partial charge in [0.1, 0.15) is 0 Å². The fraction of sp³-hybridized carbons (Fsp3) is 0.200. The normalized spacial score (nSPS) is 12.4. The van der Waals surface area contributed by atoms with Crippen LogP contribution in [0.1, 0.15) is 11.6 Å². The highest BCUT2D eigenvalue weighted by atomic mass is 35.5. The topological polar surface area (TPSA) is 35.5 Å². The Morgan fingerprint density at radius 2 is 1.74 bits per heavy atom. The van der Waals surface area contributed by atoms with Crippen LogP contribution in [0, 0.1) is 0 Å². The summed E-state index contributed by atoms with van der Waals surface area (Å²) >= 11 is 5.84. The third-order valence-corrected chi connectivity index (χ3v) is 3.23. The summed E-state index contributed by atoms with van der Waals surface area (Å²) in [6, 6.07) is 17.3. The first-order valence-corrected chi connectivity index (χ1v) is 6.50. The van der Waals surface area contributed by atoms with Crippen molar-refractivity contribution in [2.24, 2.45) is 0 Å². The zero-order chi connectivity index (χ0) is 13.7. The van der Waals surface area contributed by atoms with Crippen LogP contribution >= 0.6 is 11.6 Å². The summed E-state index contributed by atoms with van der Waals surface area (Å²) in [5.74, 6) is 0.